The Hall–Kier alpha value is -3.23. The predicted molar refractivity (Wildman–Crippen MR) is 311 cm³/mol. The quantitative estimate of drug-likeness (QED) is 0.0845. The number of ketones is 4. The van der Waals surface area contributed by atoms with Gasteiger partial charge in [0.25, 0.3) is 0 Å². The minimum absolute atomic E-state index is 0.000878. The number of hydrogen-bond acceptors (Lipinski definition) is 24. The predicted octanol–water partition coefficient (Wildman–Crippen LogP) is 0.171. The first-order valence-corrected chi connectivity index (χ1v) is 33.9. The lowest BCUT2D eigenvalue weighted by atomic mass is 9.89. The van der Waals surface area contributed by atoms with Gasteiger partial charge in [0.2, 0.25) is 29.5 Å². The number of ether oxygens (including phenoxy) is 1. The number of thiol groups is 1. The zero-order valence-electron chi connectivity index (χ0n) is 43.9. The Kier molecular flexibility index (Phi) is 27.8. The number of nitrogens with two attached hydrogens (primary N) is 1. The molecule has 1 aromatic carbocycles. The SMILES string of the molecule is CCOC(=O)CCC1NC2CSSCC3N[C@@H]([C@@H](C)O)C(=O)NCC(=O)C(C)CSSCC(C(=O)[C@H](Cc4ccc(O)cc4)NC1=O)C(CSSCC(=O)[C@H](CS)N2)N[C@@H](CC(N)=O)C(=O)N1CCC[C@H]1C(=O)NC(C)C3=O. The van der Waals surface area contributed by atoms with E-state index in [0.29, 0.717) is 12.0 Å². The highest BCUT2D eigenvalue weighted by molar-refractivity contribution is 8.77. The minimum Gasteiger partial charge on any atom is -0.508 e. The first-order valence-electron chi connectivity index (χ1n) is 25.8. The molecule has 5 heterocycles. The van der Waals surface area contributed by atoms with Gasteiger partial charge in [0.1, 0.15) is 17.8 Å². The third-order valence-corrected chi connectivity index (χ3v) is 21.2. The molecule has 0 spiro atoms. The average Bonchev–Trinajstić information content (AvgIpc) is 3.91. The third-order valence-electron chi connectivity index (χ3n) is 13.5. The number of nitrogens with zero attached hydrogens (tertiary/aromatic N) is 1. The molecule has 13 atom stereocenters. The summed E-state index contributed by atoms with van der Waals surface area (Å²) in [6.07, 6.45) is -2.70. The molecule has 6 rings (SSSR count). The normalized spacial score (nSPS) is 31.1. The molecule has 5 amide bonds. The lowest BCUT2D eigenvalue weighted by Gasteiger charge is -2.35. The molecule has 0 aliphatic carbocycles. The van der Waals surface area contributed by atoms with Crippen molar-refractivity contribution >= 4 is 136 Å². The van der Waals surface area contributed by atoms with Gasteiger partial charge in [-0.1, -0.05) is 83.8 Å². The summed E-state index contributed by atoms with van der Waals surface area (Å²) in [5.41, 5.74) is 6.41. The monoisotopic (exact) mass is 1220 g/mol. The number of aliphatic hydroxyl groups excluding tert-OH is 1. The van der Waals surface area contributed by atoms with Gasteiger partial charge in [-0.3, -0.25) is 63.9 Å². The van der Waals surface area contributed by atoms with Gasteiger partial charge < -0.3 is 46.9 Å². The lowest BCUT2D eigenvalue weighted by molar-refractivity contribution is -0.143. The van der Waals surface area contributed by atoms with Crippen LogP contribution in [-0.2, 0) is 59.1 Å². The fraction of sp³-hybridized carbons (Fsp3) is 0.673. The second-order valence-corrected chi connectivity index (χ2v) is 27.4. The number of phenols is 1. The molecule has 0 radical (unpaired) electrons. The average molecular weight is 1220 g/mol. The Labute approximate surface area is 483 Å². The molecule has 434 valence electrons. The van der Waals surface area contributed by atoms with E-state index in [9.17, 15) is 48.6 Å². The highest BCUT2D eigenvalue weighted by Crippen LogP contribution is 2.33. The number of carbonyl (C=O) groups excluding carboxylic acids is 10. The first-order chi connectivity index (χ1) is 37.2. The molecule has 4 bridgehead atoms. The fourth-order valence-corrected chi connectivity index (χ4v) is 16.7. The zero-order valence-corrected chi connectivity index (χ0v) is 49.7. The molecule has 0 aromatic heterocycles. The largest absolute Gasteiger partial charge is 0.508 e. The summed E-state index contributed by atoms with van der Waals surface area (Å²) in [7, 11) is 7.32. The Morgan fingerprint density at radius 1 is 0.795 bits per heavy atom. The van der Waals surface area contributed by atoms with E-state index in [1.165, 1.54) is 84.8 Å². The number of aliphatic hydroxyl groups is 1. The lowest BCUT2D eigenvalue weighted by Crippen LogP contribution is -2.61. The summed E-state index contributed by atoms with van der Waals surface area (Å²) < 4.78 is 5.25. The van der Waals surface area contributed by atoms with Gasteiger partial charge in [0.05, 0.1) is 73.8 Å². The number of aromatic hydroxyl groups is 1. The molecule has 29 heteroatoms. The number of rotatable bonds is 10. The van der Waals surface area contributed by atoms with E-state index in [1.807, 2.05) is 0 Å². The molecule has 5 aliphatic rings. The fourth-order valence-electron chi connectivity index (χ4n) is 9.06. The maximum absolute atomic E-state index is 15.8. The number of hydrogen-bond donors (Lipinski definition) is 11. The summed E-state index contributed by atoms with van der Waals surface area (Å²) in [6.45, 7) is 5.88. The molecule has 1 aromatic rings. The highest BCUT2D eigenvalue weighted by Gasteiger charge is 2.43. The van der Waals surface area contributed by atoms with Crippen LogP contribution >= 0.6 is 77.4 Å². The molecular weight excluding hydrogens is 1150 g/mol. The van der Waals surface area contributed by atoms with E-state index < -0.39 is 139 Å². The van der Waals surface area contributed by atoms with E-state index in [4.69, 9.17) is 10.5 Å². The van der Waals surface area contributed by atoms with Gasteiger partial charge in [-0.2, -0.15) is 12.6 Å². The summed E-state index contributed by atoms with van der Waals surface area (Å²) in [5, 5.41) is 42.5. The smallest absolute Gasteiger partial charge is 0.305 e. The number of amides is 5. The maximum Gasteiger partial charge on any atom is 0.305 e. The standard InChI is InChI=1S/C49H73N9O13S7/c1-5-71-42(64)13-12-31-46(67)57-32(15-28-8-10-29(60)11-9-28)45(66)30-20-74-73-19-25(2)38(61)17-51-48(69)43(27(4)59)56-36-22-76-78-24-41(54-31)55-34(18-72)39(62)23-77-75-21-35(30)53-33(16-40(50)63)49(70)58-14-6-7-37(58)47(68)52-26(3)44(36)65/h8-11,25-27,30-37,41,43,53-56,59-60,72H,5-7,12-24H2,1-4H3,(H2,50,63)(H,51,69)(H,52,68)(H,57,67)/t25?,26?,27-,30?,31?,32+,33+,34+,35?,36?,37+,41?,43+/m1/s1. The number of benzene rings is 1. The van der Waals surface area contributed by atoms with Crippen molar-refractivity contribution in [1.29, 1.82) is 0 Å². The molecule has 5 aliphatic heterocycles. The number of primary amides is 1. The van der Waals surface area contributed by atoms with Crippen LogP contribution in [0, 0.1) is 11.8 Å². The van der Waals surface area contributed by atoms with Crippen LogP contribution in [0.25, 0.3) is 0 Å². The van der Waals surface area contributed by atoms with Crippen molar-refractivity contribution in [3.63, 3.8) is 0 Å². The molecule has 11 N–H and O–H groups in total. The minimum atomic E-state index is -1.42. The number of esters is 1. The molecule has 5 saturated heterocycles. The van der Waals surface area contributed by atoms with Crippen LogP contribution in [0.5, 0.6) is 5.75 Å². The summed E-state index contributed by atoms with van der Waals surface area (Å²) in [5.74, 6) is -7.53. The van der Waals surface area contributed by atoms with Crippen LogP contribution in [0.1, 0.15) is 65.4 Å². The topological polar surface area (TPSA) is 334 Å². The van der Waals surface area contributed by atoms with Crippen LogP contribution in [-0.4, -0.2) is 200 Å². The Bertz CT molecular complexity index is 2280. The maximum atomic E-state index is 15.8. The van der Waals surface area contributed by atoms with Crippen molar-refractivity contribution in [3.8, 4) is 5.75 Å². The number of nitrogens with one attached hydrogen (secondary N) is 7. The van der Waals surface area contributed by atoms with E-state index in [0.717, 1.165) is 10.8 Å². The third kappa shape index (κ3) is 20.0. The molecule has 5 fully saturated rings. The number of Topliss-reactive ketones (excluding diaryl/α,β-unsaturated/α-hetero) is 4. The summed E-state index contributed by atoms with van der Waals surface area (Å²) >= 11 is 4.54. The van der Waals surface area contributed by atoms with Gasteiger partial charge >= 0.3 is 5.97 Å². The number of phenolic OH excluding ortho intramolecular Hbond substituents is 1. The van der Waals surface area contributed by atoms with E-state index in [-0.39, 0.29) is 96.4 Å². The van der Waals surface area contributed by atoms with E-state index in [1.54, 1.807) is 26.0 Å². The van der Waals surface area contributed by atoms with Gasteiger partial charge in [-0.15, -0.1) is 0 Å². The number of fused-ring (bicyclic) bond motifs is 14. The first kappa shape index (κ1) is 65.6. The van der Waals surface area contributed by atoms with Crippen molar-refractivity contribution in [2.75, 3.05) is 60.0 Å². The van der Waals surface area contributed by atoms with Gasteiger partial charge in [0.15, 0.2) is 23.1 Å². The Morgan fingerprint density at radius 2 is 1.47 bits per heavy atom. The van der Waals surface area contributed by atoms with E-state index in [2.05, 4.69) is 49.8 Å². The van der Waals surface area contributed by atoms with Crippen LogP contribution in [0.2, 0.25) is 0 Å². The van der Waals surface area contributed by atoms with Crippen LogP contribution in [0.15, 0.2) is 24.3 Å². The van der Waals surface area contributed by atoms with Crippen molar-refractivity contribution in [1.82, 2.24) is 42.1 Å². The van der Waals surface area contributed by atoms with Crippen molar-refractivity contribution in [3.05, 3.63) is 29.8 Å². The van der Waals surface area contributed by atoms with Crippen LogP contribution in [0.4, 0.5) is 0 Å². The number of carbonyl (C=O) groups is 10. The summed E-state index contributed by atoms with van der Waals surface area (Å²) in [4.78, 5) is 144. The van der Waals surface area contributed by atoms with Crippen LogP contribution in [0.3, 0.4) is 0 Å². The van der Waals surface area contributed by atoms with Crippen molar-refractivity contribution < 1.29 is 62.9 Å². The van der Waals surface area contributed by atoms with Gasteiger partial charge in [-0.05, 0) is 64.2 Å². The van der Waals surface area contributed by atoms with E-state index >= 15 is 9.59 Å². The second-order valence-electron chi connectivity index (χ2n) is 19.5. The molecular formula is C49H73N9O13S7. The molecule has 22 nitrogen and oxygen atoms in total. The summed E-state index contributed by atoms with van der Waals surface area (Å²) in [6, 6.07) is -4.72. The molecule has 0 saturated carbocycles. The Balaban J connectivity index is 1.77. The Morgan fingerprint density at radius 3 is 2.17 bits per heavy atom. The van der Waals surface area contributed by atoms with Crippen molar-refractivity contribution in [2.24, 2.45) is 17.6 Å². The highest BCUT2D eigenvalue weighted by atomic mass is 33.1. The molecule has 7 unspecified atom stereocenters. The van der Waals surface area contributed by atoms with Gasteiger partial charge in [0, 0.05) is 65.4 Å². The van der Waals surface area contributed by atoms with Crippen LogP contribution < -0.4 is 43.0 Å². The zero-order chi connectivity index (χ0) is 57.1. The van der Waals surface area contributed by atoms with Gasteiger partial charge in [-0.25, -0.2) is 0 Å². The second kappa shape index (κ2) is 33.0. The van der Waals surface area contributed by atoms with Crippen molar-refractivity contribution in [2.45, 2.75) is 133 Å². The molecule has 78 heavy (non-hydrogen) atoms.